The minimum absolute atomic E-state index is 0.687. The first kappa shape index (κ1) is 18.2. The molecule has 3 aromatic rings. The van der Waals surface area contributed by atoms with Gasteiger partial charge in [0.05, 0.1) is 11.4 Å². The smallest absolute Gasteiger partial charge is 0.191 e. The Morgan fingerprint density at radius 3 is 2.73 bits per heavy atom. The standard InChI is InChI=1S/C20H25N5S/c1-15-12-16(2)25(24-15)19-7-5-4-6-18(19)13-23-20(21-3)22-10-8-17-9-11-26-14-17/h4-7,9,11-12,14H,8,10,13H2,1-3H3,(H2,21,22,23). The fourth-order valence-electron chi connectivity index (χ4n) is 2.90. The van der Waals surface area contributed by atoms with Crippen LogP contribution < -0.4 is 10.6 Å². The molecular formula is C20H25N5S. The molecule has 0 unspecified atom stereocenters. The molecule has 0 aliphatic heterocycles. The number of para-hydroxylation sites is 1. The summed E-state index contributed by atoms with van der Waals surface area (Å²) in [6.45, 7) is 5.64. The summed E-state index contributed by atoms with van der Waals surface area (Å²) in [6.07, 6.45) is 0.993. The van der Waals surface area contributed by atoms with Crippen LogP contribution in [0.4, 0.5) is 0 Å². The van der Waals surface area contributed by atoms with Gasteiger partial charge in [0.1, 0.15) is 0 Å². The largest absolute Gasteiger partial charge is 0.356 e. The van der Waals surface area contributed by atoms with E-state index in [1.807, 2.05) is 17.7 Å². The highest BCUT2D eigenvalue weighted by molar-refractivity contribution is 7.07. The van der Waals surface area contributed by atoms with E-state index in [1.54, 1.807) is 18.4 Å². The summed E-state index contributed by atoms with van der Waals surface area (Å²) in [5, 5.41) is 15.7. The summed E-state index contributed by atoms with van der Waals surface area (Å²) in [5.41, 5.74) is 5.79. The average molecular weight is 368 g/mol. The van der Waals surface area contributed by atoms with Gasteiger partial charge < -0.3 is 10.6 Å². The second-order valence-electron chi connectivity index (χ2n) is 6.20. The Kier molecular flexibility index (Phi) is 6.07. The number of hydrogen-bond donors (Lipinski definition) is 2. The van der Waals surface area contributed by atoms with Crippen LogP contribution in [-0.2, 0) is 13.0 Å². The molecule has 2 heterocycles. The van der Waals surface area contributed by atoms with Crippen LogP contribution in [0.2, 0.25) is 0 Å². The summed E-state index contributed by atoms with van der Waals surface area (Å²) in [5.74, 6) is 0.809. The molecule has 26 heavy (non-hydrogen) atoms. The third-order valence-electron chi connectivity index (χ3n) is 4.19. The van der Waals surface area contributed by atoms with E-state index in [2.05, 4.69) is 68.7 Å². The zero-order valence-electron chi connectivity index (χ0n) is 15.5. The lowest BCUT2D eigenvalue weighted by Crippen LogP contribution is -2.38. The zero-order valence-corrected chi connectivity index (χ0v) is 16.3. The fraction of sp³-hybridized carbons (Fsp3) is 0.300. The fourth-order valence-corrected chi connectivity index (χ4v) is 3.60. The number of aryl methyl sites for hydroxylation is 2. The third-order valence-corrected chi connectivity index (χ3v) is 4.92. The van der Waals surface area contributed by atoms with E-state index < -0.39 is 0 Å². The van der Waals surface area contributed by atoms with Crippen molar-refractivity contribution in [1.82, 2.24) is 20.4 Å². The van der Waals surface area contributed by atoms with Gasteiger partial charge in [0.2, 0.25) is 0 Å². The van der Waals surface area contributed by atoms with Gasteiger partial charge in [-0.05, 0) is 60.4 Å². The molecule has 0 saturated carbocycles. The first-order chi connectivity index (χ1) is 12.7. The second-order valence-corrected chi connectivity index (χ2v) is 6.98. The molecule has 0 radical (unpaired) electrons. The minimum Gasteiger partial charge on any atom is -0.356 e. The Balaban J connectivity index is 1.62. The molecule has 3 rings (SSSR count). The second kappa shape index (κ2) is 8.67. The first-order valence-corrected chi connectivity index (χ1v) is 9.69. The number of aliphatic imine (C=N–C) groups is 1. The van der Waals surface area contributed by atoms with Crippen LogP contribution in [0, 0.1) is 13.8 Å². The van der Waals surface area contributed by atoms with Crippen molar-refractivity contribution >= 4 is 17.3 Å². The molecule has 136 valence electrons. The highest BCUT2D eigenvalue weighted by atomic mass is 32.1. The maximum Gasteiger partial charge on any atom is 0.191 e. The van der Waals surface area contributed by atoms with Crippen molar-refractivity contribution in [3.05, 3.63) is 69.7 Å². The maximum absolute atomic E-state index is 4.61. The molecule has 0 atom stereocenters. The van der Waals surface area contributed by atoms with Crippen molar-refractivity contribution < 1.29 is 0 Å². The van der Waals surface area contributed by atoms with Gasteiger partial charge in [0.15, 0.2) is 5.96 Å². The Bertz CT molecular complexity index is 864. The van der Waals surface area contributed by atoms with Crippen LogP contribution in [0.5, 0.6) is 0 Å². The van der Waals surface area contributed by atoms with E-state index in [0.717, 1.165) is 36.0 Å². The molecule has 5 nitrogen and oxygen atoms in total. The summed E-state index contributed by atoms with van der Waals surface area (Å²) < 4.78 is 2.00. The van der Waals surface area contributed by atoms with E-state index >= 15 is 0 Å². The number of rotatable bonds is 6. The SMILES string of the molecule is CN=C(NCCc1ccsc1)NCc1ccccc1-n1nc(C)cc1C. The molecule has 0 saturated heterocycles. The molecule has 0 bridgehead atoms. The van der Waals surface area contributed by atoms with Crippen LogP contribution in [0.25, 0.3) is 5.69 Å². The lowest BCUT2D eigenvalue weighted by Gasteiger charge is -2.15. The van der Waals surface area contributed by atoms with Crippen molar-refractivity contribution in [3.63, 3.8) is 0 Å². The van der Waals surface area contributed by atoms with Gasteiger partial charge in [-0.1, -0.05) is 18.2 Å². The van der Waals surface area contributed by atoms with Gasteiger partial charge in [-0.3, -0.25) is 4.99 Å². The topological polar surface area (TPSA) is 54.2 Å². The van der Waals surface area contributed by atoms with Gasteiger partial charge in [0, 0.05) is 25.8 Å². The number of benzene rings is 1. The number of hydrogen-bond acceptors (Lipinski definition) is 3. The van der Waals surface area contributed by atoms with Crippen molar-refractivity contribution in [2.45, 2.75) is 26.8 Å². The molecule has 0 aliphatic carbocycles. The first-order valence-electron chi connectivity index (χ1n) is 8.74. The van der Waals surface area contributed by atoms with E-state index in [9.17, 15) is 0 Å². The van der Waals surface area contributed by atoms with Crippen LogP contribution in [0.1, 0.15) is 22.5 Å². The lowest BCUT2D eigenvalue weighted by atomic mass is 10.1. The van der Waals surface area contributed by atoms with Crippen molar-refractivity contribution in [2.75, 3.05) is 13.6 Å². The van der Waals surface area contributed by atoms with E-state index in [4.69, 9.17) is 0 Å². The van der Waals surface area contributed by atoms with Crippen LogP contribution in [-0.4, -0.2) is 29.3 Å². The molecule has 0 aliphatic rings. The Morgan fingerprint density at radius 1 is 1.19 bits per heavy atom. The highest BCUT2D eigenvalue weighted by Gasteiger charge is 2.09. The number of nitrogens with one attached hydrogen (secondary N) is 2. The number of aromatic nitrogens is 2. The van der Waals surface area contributed by atoms with E-state index in [0.29, 0.717) is 6.54 Å². The van der Waals surface area contributed by atoms with Gasteiger partial charge in [-0.2, -0.15) is 16.4 Å². The molecule has 0 fully saturated rings. The molecular weight excluding hydrogens is 342 g/mol. The van der Waals surface area contributed by atoms with Crippen LogP contribution in [0.3, 0.4) is 0 Å². The Hall–Kier alpha value is -2.60. The van der Waals surface area contributed by atoms with Crippen molar-refractivity contribution in [1.29, 1.82) is 0 Å². The predicted molar refractivity (Wildman–Crippen MR) is 109 cm³/mol. The van der Waals surface area contributed by atoms with Crippen LogP contribution in [0.15, 0.2) is 52.2 Å². The Labute approximate surface area is 158 Å². The maximum atomic E-state index is 4.61. The minimum atomic E-state index is 0.687. The zero-order chi connectivity index (χ0) is 18.4. The summed E-state index contributed by atoms with van der Waals surface area (Å²) in [7, 11) is 1.80. The number of thiophene rings is 1. The summed E-state index contributed by atoms with van der Waals surface area (Å²) in [4.78, 5) is 4.32. The molecule has 2 N–H and O–H groups in total. The third kappa shape index (κ3) is 4.52. The van der Waals surface area contributed by atoms with E-state index in [1.165, 1.54) is 11.1 Å². The lowest BCUT2D eigenvalue weighted by molar-refractivity contribution is 0.776. The van der Waals surface area contributed by atoms with Gasteiger partial charge in [-0.25, -0.2) is 4.68 Å². The van der Waals surface area contributed by atoms with Gasteiger partial charge in [0.25, 0.3) is 0 Å². The average Bonchev–Trinajstić information content (AvgIpc) is 3.27. The summed E-state index contributed by atoms with van der Waals surface area (Å²) >= 11 is 1.73. The molecule has 0 spiro atoms. The normalized spacial score (nSPS) is 11.6. The monoisotopic (exact) mass is 367 g/mol. The summed E-state index contributed by atoms with van der Waals surface area (Å²) in [6, 6.07) is 12.6. The predicted octanol–water partition coefficient (Wildman–Crippen LogP) is 3.46. The molecule has 0 amide bonds. The highest BCUT2D eigenvalue weighted by Crippen LogP contribution is 2.16. The van der Waals surface area contributed by atoms with Crippen molar-refractivity contribution in [2.24, 2.45) is 4.99 Å². The Morgan fingerprint density at radius 2 is 2.04 bits per heavy atom. The number of nitrogens with zero attached hydrogens (tertiary/aromatic N) is 3. The van der Waals surface area contributed by atoms with E-state index in [-0.39, 0.29) is 0 Å². The molecule has 1 aromatic carbocycles. The van der Waals surface area contributed by atoms with Crippen molar-refractivity contribution in [3.8, 4) is 5.69 Å². The quantitative estimate of drug-likeness (QED) is 0.518. The molecule has 6 heteroatoms. The van der Waals surface area contributed by atoms with Gasteiger partial charge in [-0.15, -0.1) is 0 Å². The number of guanidine groups is 1. The van der Waals surface area contributed by atoms with Crippen LogP contribution >= 0.6 is 11.3 Å². The molecule has 2 aromatic heterocycles. The van der Waals surface area contributed by atoms with Gasteiger partial charge >= 0.3 is 0 Å².